The molecule has 136 valence electrons. The van der Waals surface area contributed by atoms with Crippen molar-refractivity contribution in [2.75, 3.05) is 0 Å². The topological polar surface area (TPSA) is 67.6 Å². The lowest BCUT2D eigenvalue weighted by Crippen LogP contribution is -1.83. The molecule has 2 aromatic carbocycles. The number of nitrogens with zero attached hydrogens (tertiary/aromatic N) is 3. The number of rotatable bonds is 6. The molecule has 5 nitrogen and oxygen atoms in total. The molecule has 0 aliphatic heterocycles. The maximum absolute atomic E-state index is 5.92. The maximum atomic E-state index is 5.92. The van der Waals surface area contributed by atoms with Gasteiger partial charge in [0.1, 0.15) is 0 Å². The number of aromatic nitrogens is 4. The molecule has 2 heterocycles. The van der Waals surface area contributed by atoms with Crippen molar-refractivity contribution in [3.8, 4) is 22.7 Å². The van der Waals surface area contributed by atoms with Crippen LogP contribution in [0.5, 0.6) is 0 Å². The van der Waals surface area contributed by atoms with Crippen molar-refractivity contribution >= 4 is 23.4 Å². The third-order valence-corrected chi connectivity index (χ3v) is 5.19. The molecule has 2 aromatic heterocycles. The van der Waals surface area contributed by atoms with Crippen LogP contribution in [0.2, 0.25) is 5.02 Å². The molecule has 1 N–H and O–H groups in total. The molecule has 0 radical (unpaired) electrons. The molecule has 0 saturated carbocycles. The highest BCUT2D eigenvalue weighted by Crippen LogP contribution is 2.26. The van der Waals surface area contributed by atoms with Crippen molar-refractivity contribution in [2.24, 2.45) is 0 Å². The van der Waals surface area contributed by atoms with Crippen molar-refractivity contribution < 1.29 is 4.42 Å². The largest absolute Gasteiger partial charge is 0.440 e. The van der Waals surface area contributed by atoms with E-state index in [0.717, 1.165) is 23.4 Å². The Morgan fingerprint density at radius 2 is 1.78 bits per heavy atom. The minimum atomic E-state index is 0.555. The van der Waals surface area contributed by atoms with Crippen LogP contribution in [0.3, 0.4) is 0 Å². The minimum Gasteiger partial charge on any atom is -0.440 e. The van der Waals surface area contributed by atoms with Crippen molar-refractivity contribution in [1.82, 2.24) is 20.2 Å². The van der Waals surface area contributed by atoms with Crippen molar-refractivity contribution in [3.05, 3.63) is 71.2 Å². The van der Waals surface area contributed by atoms with Gasteiger partial charge in [-0.05, 0) is 36.2 Å². The summed E-state index contributed by atoms with van der Waals surface area (Å²) in [4.78, 5) is 8.87. The third kappa shape index (κ3) is 4.23. The van der Waals surface area contributed by atoms with Crippen LogP contribution in [0.4, 0.5) is 0 Å². The Bertz CT molecular complexity index is 1020. The average Bonchev–Trinajstić information content (AvgIpc) is 3.37. The maximum Gasteiger partial charge on any atom is 0.209 e. The second kappa shape index (κ2) is 7.98. The Hall–Kier alpha value is -2.57. The standard InChI is InChI=1S/C20H17ClN4OS/c1-2-13-3-5-15(6-4-13)19-23-20(25-24-19)27-12-18-22-11-17(26-18)14-7-9-16(21)10-8-14/h3-11H,2,12H2,1H3,(H,23,24,25). The predicted octanol–water partition coefficient (Wildman–Crippen LogP) is 5.63. The Morgan fingerprint density at radius 1 is 1.04 bits per heavy atom. The molecule has 0 unspecified atom stereocenters. The van der Waals surface area contributed by atoms with E-state index >= 15 is 0 Å². The van der Waals surface area contributed by atoms with Gasteiger partial charge in [0.2, 0.25) is 11.0 Å². The van der Waals surface area contributed by atoms with Gasteiger partial charge in [0.05, 0.1) is 11.9 Å². The zero-order valence-corrected chi connectivity index (χ0v) is 16.2. The van der Waals surface area contributed by atoms with E-state index in [0.29, 0.717) is 27.6 Å². The number of halogens is 1. The van der Waals surface area contributed by atoms with E-state index in [2.05, 4.69) is 51.4 Å². The summed E-state index contributed by atoms with van der Waals surface area (Å²) in [6, 6.07) is 15.8. The first-order valence-electron chi connectivity index (χ1n) is 8.56. The molecule has 0 amide bonds. The zero-order chi connectivity index (χ0) is 18.6. The Morgan fingerprint density at radius 3 is 2.52 bits per heavy atom. The molecule has 0 saturated heterocycles. The van der Waals surface area contributed by atoms with Crippen LogP contribution in [0.1, 0.15) is 18.4 Å². The summed E-state index contributed by atoms with van der Waals surface area (Å²) in [7, 11) is 0. The molecular formula is C20H17ClN4OS. The van der Waals surface area contributed by atoms with Gasteiger partial charge in [-0.15, -0.1) is 5.10 Å². The van der Waals surface area contributed by atoms with Gasteiger partial charge in [-0.2, -0.15) is 0 Å². The van der Waals surface area contributed by atoms with Crippen LogP contribution in [0.15, 0.2) is 64.3 Å². The molecule has 0 bridgehead atoms. The molecule has 0 aliphatic carbocycles. The Balaban J connectivity index is 1.40. The van der Waals surface area contributed by atoms with Crippen LogP contribution in [0, 0.1) is 0 Å². The number of benzene rings is 2. The second-order valence-corrected chi connectivity index (χ2v) is 7.31. The summed E-state index contributed by atoms with van der Waals surface area (Å²) in [5, 5.41) is 8.61. The van der Waals surface area contributed by atoms with Crippen LogP contribution >= 0.6 is 23.4 Å². The molecule has 0 atom stereocenters. The highest BCUT2D eigenvalue weighted by molar-refractivity contribution is 7.98. The van der Waals surface area contributed by atoms with Crippen LogP contribution in [-0.2, 0) is 12.2 Å². The van der Waals surface area contributed by atoms with Crippen molar-refractivity contribution in [1.29, 1.82) is 0 Å². The van der Waals surface area contributed by atoms with E-state index < -0.39 is 0 Å². The molecule has 0 aliphatic rings. The lowest BCUT2D eigenvalue weighted by Gasteiger charge is -1.98. The number of hydrogen-bond donors (Lipinski definition) is 1. The SMILES string of the molecule is CCc1ccc(-c2nc(SCc3ncc(-c4ccc(Cl)cc4)o3)n[nH]2)cc1. The molecule has 7 heteroatoms. The minimum absolute atomic E-state index is 0.555. The first-order chi connectivity index (χ1) is 13.2. The van der Waals surface area contributed by atoms with Gasteiger partial charge >= 0.3 is 0 Å². The predicted molar refractivity (Wildman–Crippen MR) is 108 cm³/mol. The average molecular weight is 397 g/mol. The normalized spacial score (nSPS) is 11.0. The highest BCUT2D eigenvalue weighted by Gasteiger charge is 2.10. The summed E-state index contributed by atoms with van der Waals surface area (Å²) in [6.07, 6.45) is 2.74. The molecule has 4 aromatic rings. The summed E-state index contributed by atoms with van der Waals surface area (Å²) >= 11 is 7.39. The fourth-order valence-electron chi connectivity index (χ4n) is 2.59. The molecular weight excluding hydrogens is 380 g/mol. The molecule has 4 rings (SSSR count). The third-order valence-electron chi connectivity index (χ3n) is 4.11. The first-order valence-corrected chi connectivity index (χ1v) is 9.93. The first kappa shape index (κ1) is 17.8. The summed E-state index contributed by atoms with van der Waals surface area (Å²) in [6.45, 7) is 2.14. The van der Waals surface area contributed by atoms with Crippen LogP contribution < -0.4 is 0 Å². The molecule has 27 heavy (non-hydrogen) atoms. The van der Waals surface area contributed by atoms with E-state index in [9.17, 15) is 0 Å². The number of hydrogen-bond acceptors (Lipinski definition) is 5. The fraction of sp³-hybridized carbons (Fsp3) is 0.150. The Labute approximate surface area is 166 Å². The van der Waals surface area contributed by atoms with Gasteiger partial charge < -0.3 is 4.42 Å². The van der Waals surface area contributed by atoms with E-state index in [1.807, 2.05) is 24.3 Å². The van der Waals surface area contributed by atoms with Gasteiger partial charge in [-0.3, -0.25) is 5.10 Å². The van der Waals surface area contributed by atoms with E-state index in [1.165, 1.54) is 17.3 Å². The summed E-state index contributed by atoms with van der Waals surface area (Å²) in [5.41, 5.74) is 3.26. The number of oxazole rings is 1. The number of aryl methyl sites for hydroxylation is 1. The summed E-state index contributed by atoms with van der Waals surface area (Å²) in [5.74, 6) is 2.66. The van der Waals surface area contributed by atoms with Gasteiger partial charge in [0.25, 0.3) is 0 Å². The zero-order valence-electron chi connectivity index (χ0n) is 14.6. The van der Waals surface area contributed by atoms with Gasteiger partial charge in [-0.1, -0.05) is 54.6 Å². The molecule has 0 fully saturated rings. The monoisotopic (exact) mass is 396 g/mol. The van der Waals surface area contributed by atoms with Crippen LogP contribution in [0.25, 0.3) is 22.7 Å². The van der Waals surface area contributed by atoms with Gasteiger partial charge in [-0.25, -0.2) is 9.97 Å². The lowest BCUT2D eigenvalue weighted by molar-refractivity contribution is 0.530. The van der Waals surface area contributed by atoms with Gasteiger partial charge in [0.15, 0.2) is 11.6 Å². The van der Waals surface area contributed by atoms with Gasteiger partial charge in [0, 0.05) is 16.1 Å². The van der Waals surface area contributed by atoms with E-state index in [1.54, 1.807) is 6.20 Å². The quantitative estimate of drug-likeness (QED) is 0.427. The van der Waals surface area contributed by atoms with Crippen LogP contribution in [-0.4, -0.2) is 20.2 Å². The fourth-order valence-corrected chi connectivity index (χ4v) is 3.37. The number of nitrogens with one attached hydrogen (secondary N) is 1. The molecule has 0 spiro atoms. The number of thioether (sulfide) groups is 1. The lowest BCUT2D eigenvalue weighted by atomic mass is 10.1. The van der Waals surface area contributed by atoms with E-state index in [4.69, 9.17) is 16.0 Å². The Kier molecular flexibility index (Phi) is 5.27. The van der Waals surface area contributed by atoms with Crippen molar-refractivity contribution in [2.45, 2.75) is 24.3 Å². The smallest absolute Gasteiger partial charge is 0.209 e. The van der Waals surface area contributed by atoms with E-state index in [-0.39, 0.29) is 0 Å². The summed E-state index contributed by atoms with van der Waals surface area (Å²) < 4.78 is 5.81. The number of H-pyrrole nitrogens is 1. The second-order valence-electron chi connectivity index (χ2n) is 5.93. The van der Waals surface area contributed by atoms with Crippen molar-refractivity contribution in [3.63, 3.8) is 0 Å². The number of aromatic amines is 1. The highest BCUT2D eigenvalue weighted by atomic mass is 35.5.